The Hall–Kier alpha value is -2.02. The minimum atomic E-state index is -1.01. The van der Waals surface area contributed by atoms with E-state index >= 15 is 0 Å². The fourth-order valence-electron chi connectivity index (χ4n) is 1.38. The number of halogens is 2. The Labute approximate surface area is 118 Å². The number of anilines is 1. The van der Waals surface area contributed by atoms with E-state index in [1.165, 1.54) is 17.8 Å². The molecular weight excluding hydrogens is 284 g/mol. The third kappa shape index (κ3) is 3.74. The van der Waals surface area contributed by atoms with Crippen molar-refractivity contribution >= 4 is 23.4 Å². The summed E-state index contributed by atoms with van der Waals surface area (Å²) in [5.74, 6) is -2.30. The van der Waals surface area contributed by atoms with Gasteiger partial charge < -0.3 is 5.32 Å². The number of hydrogen-bond donors (Lipinski definition) is 1. The molecule has 1 amide bonds. The number of nitrogens with one attached hydrogen (secondary N) is 1. The molecule has 0 aliphatic rings. The van der Waals surface area contributed by atoms with Gasteiger partial charge in [0.2, 0.25) is 5.91 Å². The third-order valence-corrected chi connectivity index (χ3v) is 3.37. The Bertz CT molecular complexity index is 610. The van der Waals surface area contributed by atoms with Crippen LogP contribution in [0.1, 0.15) is 6.92 Å². The first kappa shape index (κ1) is 14.4. The zero-order chi connectivity index (χ0) is 14.5. The second-order valence-electron chi connectivity index (χ2n) is 3.91. The smallest absolute Gasteiger partial charge is 0.237 e. The van der Waals surface area contributed by atoms with E-state index in [1.807, 2.05) is 0 Å². The highest BCUT2D eigenvalue weighted by Crippen LogP contribution is 2.20. The molecular formula is C13H11F2N3OS. The summed E-state index contributed by atoms with van der Waals surface area (Å²) in [6.07, 6.45) is 3.16. The number of rotatable bonds is 4. The van der Waals surface area contributed by atoms with Crippen LogP contribution in [0.4, 0.5) is 14.5 Å². The molecule has 0 radical (unpaired) electrons. The molecule has 0 bridgehead atoms. The molecule has 7 heteroatoms. The zero-order valence-electron chi connectivity index (χ0n) is 10.5. The van der Waals surface area contributed by atoms with Gasteiger partial charge in [-0.2, -0.15) is 0 Å². The minimum absolute atomic E-state index is 0.204. The van der Waals surface area contributed by atoms with Gasteiger partial charge in [0.1, 0.15) is 0 Å². The van der Waals surface area contributed by atoms with Crippen molar-refractivity contribution in [3.8, 4) is 0 Å². The molecule has 0 fully saturated rings. The van der Waals surface area contributed by atoms with Crippen LogP contribution in [-0.4, -0.2) is 21.1 Å². The van der Waals surface area contributed by atoms with E-state index in [9.17, 15) is 13.6 Å². The molecule has 0 saturated carbocycles. The summed E-state index contributed by atoms with van der Waals surface area (Å²) in [6, 6.07) is 4.87. The average molecular weight is 295 g/mol. The lowest BCUT2D eigenvalue weighted by Crippen LogP contribution is -2.22. The maximum atomic E-state index is 13.0. The van der Waals surface area contributed by atoms with Crippen LogP contribution in [0.15, 0.2) is 41.8 Å². The van der Waals surface area contributed by atoms with Gasteiger partial charge in [-0.05, 0) is 25.1 Å². The molecule has 4 nitrogen and oxygen atoms in total. The van der Waals surface area contributed by atoms with Crippen LogP contribution in [0.3, 0.4) is 0 Å². The third-order valence-electron chi connectivity index (χ3n) is 2.38. The van der Waals surface area contributed by atoms with E-state index in [1.54, 1.807) is 25.4 Å². The summed E-state index contributed by atoms with van der Waals surface area (Å²) in [7, 11) is 0. The summed E-state index contributed by atoms with van der Waals surface area (Å²) in [6.45, 7) is 1.68. The van der Waals surface area contributed by atoms with Crippen molar-refractivity contribution in [3.05, 3.63) is 48.3 Å². The van der Waals surface area contributed by atoms with Crippen molar-refractivity contribution in [2.24, 2.45) is 0 Å². The Morgan fingerprint density at radius 2 is 1.95 bits per heavy atom. The van der Waals surface area contributed by atoms with E-state index in [2.05, 4.69) is 15.3 Å². The molecule has 1 N–H and O–H groups in total. The van der Waals surface area contributed by atoms with Crippen LogP contribution < -0.4 is 5.32 Å². The van der Waals surface area contributed by atoms with Crippen molar-refractivity contribution in [2.75, 3.05) is 5.32 Å². The summed E-state index contributed by atoms with van der Waals surface area (Å²) in [5, 5.41) is 2.51. The van der Waals surface area contributed by atoms with Gasteiger partial charge in [0.05, 0.1) is 5.25 Å². The molecule has 104 valence electrons. The second kappa shape index (κ2) is 6.42. The number of nitrogens with zero attached hydrogens (tertiary/aromatic N) is 2. The largest absolute Gasteiger partial charge is 0.325 e. The Morgan fingerprint density at radius 1 is 1.25 bits per heavy atom. The lowest BCUT2D eigenvalue weighted by molar-refractivity contribution is -0.115. The van der Waals surface area contributed by atoms with Gasteiger partial charge in [-0.1, -0.05) is 11.8 Å². The zero-order valence-corrected chi connectivity index (χ0v) is 11.3. The van der Waals surface area contributed by atoms with E-state index in [0.29, 0.717) is 5.16 Å². The molecule has 0 unspecified atom stereocenters. The lowest BCUT2D eigenvalue weighted by Gasteiger charge is -2.11. The number of benzene rings is 1. The van der Waals surface area contributed by atoms with Crippen LogP contribution in [-0.2, 0) is 4.79 Å². The monoisotopic (exact) mass is 295 g/mol. The first-order chi connectivity index (χ1) is 9.56. The van der Waals surface area contributed by atoms with E-state index in [0.717, 1.165) is 12.1 Å². The van der Waals surface area contributed by atoms with Gasteiger partial charge >= 0.3 is 0 Å². The highest BCUT2D eigenvalue weighted by Gasteiger charge is 2.16. The number of thioether (sulfide) groups is 1. The van der Waals surface area contributed by atoms with Crippen molar-refractivity contribution in [3.63, 3.8) is 0 Å². The van der Waals surface area contributed by atoms with Crippen molar-refractivity contribution < 1.29 is 13.6 Å². The summed E-state index contributed by atoms with van der Waals surface area (Å²) >= 11 is 1.18. The van der Waals surface area contributed by atoms with Crippen LogP contribution in [0.5, 0.6) is 0 Å². The second-order valence-corrected chi connectivity index (χ2v) is 5.22. The molecule has 2 aromatic rings. The molecule has 0 aliphatic carbocycles. The molecule has 0 saturated heterocycles. The number of hydrogen-bond acceptors (Lipinski definition) is 4. The van der Waals surface area contributed by atoms with Gasteiger partial charge in [0, 0.05) is 24.1 Å². The van der Waals surface area contributed by atoms with Crippen LogP contribution in [0.2, 0.25) is 0 Å². The highest BCUT2D eigenvalue weighted by molar-refractivity contribution is 8.00. The van der Waals surface area contributed by atoms with E-state index in [4.69, 9.17) is 0 Å². The number of carbonyl (C=O) groups excluding carboxylic acids is 1. The highest BCUT2D eigenvalue weighted by atomic mass is 32.2. The minimum Gasteiger partial charge on any atom is -0.325 e. The molecule has 20 heavy (non-hydrogen) atoms. The quantitative estimate of drug-likeness (QED) is 0.696. The molecule has 0 spiro atoms. The molecule has 0 aliphatic heterocycles. The summed E-state index contributed by atoms with van der Waals surface area (Å²) in [4.78, 5) is 19.9. The standard InChI is InChI=1S/C13H11F2N3OS/c1-8(20-13-16-5-2-6-17-13)12(19)18-9-3-4-10(14)11(15)7-9/h2-8H,1H3,(H,18,19)/t8-/m1/s1. The van der Waals surface area contributed by atoms with Crippen molar-refractivity contribution in [1.82, 2.24) is 9.97 Å². The van der Waals surface area contributed by atoms with Crippen LogP contribution >= 0.6 is 11.8 Å². The fourth-order valence-corrected chi connectivity index (χ4v) is 2.10. The molecule has 1 aromatic carbocycles. The maximum Gasteiger partial charge on any atom is 0.237 e. The molecule has 1 heterocycles. The molecule has 1 aromatic heterocycles. The van der Waals surface area contributed by atoms with Gasteiger partial charge in [-0.15, -0.1) is 0 Å². The maximum absolute atomic E-state index is 13.0. The summed E-state index contributed by atoms with van der Waals surface area (Å²) in [5.41, 5.74) is 0.204. The molecule has 1 atom stereocenters. The van der Waals surface area contributed by atoms with Gasteiger partial charge in [0.15, 0.2) is 16.8 Å². The average Bonchev–Trinajstić information content (AvgIpc) is 2.44. The van der Waals surface area contributed by atoms with Crippen molar-refractivity contribution in [2.45, 2.75) is 17.3 Å². The predicted molar refractivity (Wildman–Crippen MR) is 72.3 cm³/mol. The number of amides is 1. The Morgan fingerprint density at radius 3 is 2.60 bits per heavy atom. The lowest BCUT2D eigenvalue weighted by atomic mass is 10.3. The normalized spacial score (nSPS) is 11.9. The van der Waals surface area contributed by atoms with Crippen LogP contribution in [0, 0.1) is 11.6 Å². The van der Waals surface area contributed by atoms with Crippen molar-refractivity contribution in [1.29, 1.82) is 0 Å². The Kier molecular flexibility index (Phi) is 4.62. The van der Waals surface area contributed by atoms with Crippen LogP contribution in [0.25, 0.3) is 0 Å². The van der Waals surface area contributed by atoms with E-state index < -0.39 is 16.9 Å². The SMILES string of the molecule is C[C@@H](Sc1ncccn1)C(=O)Nc1ccc(F)c(F)c1. The van der Waals surface area contributed by atoms with Gasteiger partial charge in [-0.3, -0.25) is 4.79 Å². The van der Waals surface area contributed by atoms with Gasteiger partial charge in [-0.25, -0.2) is 18.7 Å². The Balaban J connectivity index is 1.99. The first-order valence-corrected chi connectivity index (χ1v) is 6.64. The van der Waals surface area contributed by atoms with E-state index in [-0.39, 0.29) is 11.6 Å². The topological polar surface area (TPSA) is 54.9 Å². The fraction of sp³-hybridized carbons (Fsp3) is 0.154. The predicted octanol–water partition coefficient (Wildman–Crippen LogP) is 2.87. The van der Waals surface area contributed by atoms with Gasteiger partial charge in [0.25, 0.3) is 0 Å². The first-order valence-electron chi connectivity index (χ1n) is 5.76. The summed E-state index contributed by atoms with van der Waals surface area (Å²) < 4.78 is 25.8. The number of carbonyl (C=O) groups is 1. The number of aromatic nitrogens is 2. The molecule has 2 rings (SSSR count).